The van der Waals surface area contributed by atoms with Gasteiger partial charge in [0.25, 0.3) is 10.1 Å². The van der Waals surface area contributed by atoms with Crippen LogP contribution in [-0.2, 0) is 78.5 Å². The zero-order chi connectivity index (χ0) is 58.7. The number of halogens is 1. The molecule has 0 fully saturated rings. The Bertz CT molecular complexity index is 3350. The van der Waals surface area contributed by atoms with Crippen molar-refractivity contribution in [2.45, 2.75) is 121 Å². The molecule has 8 rings (SSSR count). The van der Waals surface area contributed by atoms with Gasteiger partial charge in [0.05, 0.1) is 17.2 Å². The molecule has 6 amide bonds. The molecule has 0 saturated heterocycles. The van der Waals surface area contributed by atoms with Crippen molar-refractivity contribution in [2.24, 2.45) is 0 Å². The van der Waals surface area contributed by atoms with Crippen LogP contribution in [0.25, 0.3) is 22.8 Å². The minimum Gasteiger partial charge on any atom is -0.492 e. The number of pyridine rings is 1. The van der Waals surface area contributed by atoms with Gasteiger partial charge in [-0.15, -0.1) is 22.7 Å². The van der Waals surface area contributed by atoms with Crippen molar-refractivity contribution in [3.8, 4) is 28.5 Å². The second kappa shape index (κ2) is 30.4. The lowest BCUT2D eigenvalue weighted by molar-refractivity contribution is -0.697. The number of oxazole rings is 1. The van der Waals surface area contributed by atoms with Crippen LogP contribution in [0, 0.1) is 0 Å². The Morgan fingerprint density at radius 3 is 1.89 bits per heavy atom. The number of rotatable bonds is 12. The number of aryl methyl sites for hydroxylation is 1. The van der Waals surface area contributed by atoms with Gasteiger partial charge in [-0.2, -0.15) is 25.3 Å². The van der Waals surface area contributed by atoms with Crippen LogP contribution < -0.4 is 41.2 Å². The van der Waals surface area contributed by atoms with Gasteiger partial charge in [0.2, 0.25) is 41.3 Å². The number of benzene rings is 1. The minimum atomic E-state index is -4.79. The third kappa shape index (κ3) is 20.8. The summed E-state index contributed by atoms with van der Waals surface area (Å²) in [5, 5.41) is 16.2. The van der Waals surface area contributed by atoms with Crippen LogP contribution in [0.3, 0.4) is 0 Å². The molecule has 3 aliphatic heterocycles. The molecule has 6 bridgehead atoms. The highest BCUT2D eigenvalue weighted by atomic mass is 127. The summed E-state index contributed by atoms with van der Waals surface area (Å²) >= 11 is 3.29. The molecule has 7 heterocycles. The van der Waals surface area contributed by atoms with E-state index in [4.69, 9.17) is 9.15 Å². The second-order valence-electron chi connectivity index (χ2n) is 18.6. The molecule has 25 nitrogen and oxygen atoms in total. The Labute approximate surface area is 489 Å². The standard InChI is InChI=1S/C50H61IN8O17S5/c51-30-44(62)52-21-22-54-47(63)36-9-5-6-20-53-48(64)37(28-34-13-16-45(77-34)80(69,70)71)56-42(60)10-3-1-7-23-59-24-18-32(19-25-59)50-55-31-40(76-50)33-12-15-39(41(27-33)79(66,67)68)75-26-8-2-4-11-43(61)57-38(49(65)58-36)29-35-14-17-46(78-35)81(72,73)74/h12-19,24-25,27,31,36-38H,1-11,20-23,26,28-30H2,(H8-,52,53,54,56,57,58,60,61,62,63,64,65,66,67,68,69,70,71,72,73,74)/p+1. The molecule has 0 saturated carbocycles. The average molecular weight is 1330 g/mol. The van der Waals surface area contributed by atoms with Gasteiger partial charge in [0.15, 0.2) is 18.2 Å². The van der Waals surface area contributed by atoms with Crippen LogP contribution in [0.15, 0.2) is 90.9 Å². The summed E-state index contributed by atoms with van der Waals surface area (Å²) in [5.41, 5.74) is 0.906. The summed E-state index contributed by atoms with van der Waals surface area (Å²) in [6.07, 6.45) is 7.87. The summed E-state index contributed by atoms with van der Waals surface area (Å²) in [6.45, 7) is 0.665. The molecule has 0 aliphatic carbocycles. The maximum absolute atomic E-state index is 14.2. The van der Waals surface area contributed by atoms with Gasteiger partial charge in [0.1, 0.15) is 43.7 Å². The number of ether oxygens (including phenoxy) is 1. The molecule has 9 N–H and O–H groups in total. The number of fused-ring (bicyclic) bond motifs is 2. The summed E-state index contributed by atoms with van der Waals surface area (Å²) in [6, 6.07) is 9.03. The largest absolute Gasteiger partial charge is 0.492 e. The van der Waals surface area contributed by atoms with Gasteiger partial charge in [-0.3, -0.25) is 42.4 Å². The van der Waals surface area contributed by atoms with Crippen LogP contribution in [0.1, 0.15) is 80.4 Å². The number of hydrogen-bond acceptors (Lipinski definition) is 17. The van der Waals surface area contributed by atoms with Gasteiger partial charge in [-0.25, -0.2) is 9.55 Å². The SMILES string of the molecule is O=C(CI)NCCNC(=O)C1CCCCNC(=O)C(Cc2ccc(S(=O)(=O)O)s2)NC(=O)CCCCC[n+]2ccc(cc2)-c2ncc(o2)-c2ccc(c(S(=O)(=O)O)c2)OCCCCCC(=O)NC(Cc2ccc(S(=O)(=O)O)s2)C(=O)N1. The van der Waals surface area contributed by atoms with Crippen molar-refractivity contribution in [1.29, 1.82) is 0 Å². The Morgan fingerprint density at radius 2 is 1.30 bits per heavy atom. The van der Waals surface area contributed by atoms with Crippen molar-refractivity contribution in [3.63, 3.8) is 0 Å². The van der Waals surface area contributed by atoms with Gasteiger partial charge in [0, 0.05) is 84.8 Å². The third-order valence-electron chi connectivity index (χ3n) is 12.4. The molecule has 3 unspecified atom stereocenters. The van der Waals surface area contributed by atoms with E-state index in [1.807, 2.05) is 39.6 Å². The first-order chi connectivity index (χ1) is 38.5. The molecule has 4 aromatic heterocycles. The Kier molecular flexibility index (Phi) is 24.1. The Balaban J connectivity index is 1.21. The van der Waals surface area contributed by atoms with Gasteiger partial charge in [-0.05, 0) is 93.8 Å². The van der Waals surface area contributed by atoms with Crippen molar-refractivity contribution in [3.05, 3.63) is 82.9 Å². The van der Waals surface area contributed by atoms with E-state index in [2.05, 4.69) is 36.9 Å². The monoisotopic (exact) mass is 1330 g/mol. The number of nitrogens with zero attached hydrogens (tertiary/aromatic N) is 2. The smallest absolute Gasteiger partial charge is 0.304 e. The molecule has 3 aliphatic rings. The van der Waals surface area contributed by atoms with Crippen molar-refractivity contribution >= 4 is 111 Å². The normalized spacial score (nSPS) is 18.5. The van der Waals surface area contributed by atoms with Crippen LogP contribution in [0.2, 0.25) is 0 Å². The summed E-state index contributed by atoms with van der Waals surface area (Å²) in [7, 11) is -13.9. The number of aromatic nitrogens is 2. The molecule has 3 atom stereocenters. The molecular formula is C50H62IN8O17S5+. The quantitative estimate of drug-likeness (QED) is 0.0283. The number of carbonyl (C=O) groups excluding carboxylic acids is 6. The maximum atomic E-state index is 14.2. The van der Waals surface area contributed by atoms with E-state index in [0.717, 1.165) is 17.4 Å². The van der Waals surface area contributed by atoms with Crippen molar-refractivity contribution in [1.82, 2.24) is 36.9 Å². The predicted molar refractivity (Wildman–Crippen MR) is 303 cm³/mol. The first kappa shape index (κ1) is 64.2. The molecule has 0 radical (unpaired) electrons. The topological polar surface area (TPSA) is 377 Å². The maximum Gasteiger partial charge on any atom is 0.304 e. The lowest BCUT2D eigenvalue weighted by Crippen LogP contribution is -2.54. The molecule has 0 spiro atoms. The van der Waals surface area contributed by atoms with E-state index in [9.17, 15) is 67.7 Å². The fraction of sp³-hybridized carbons (Fsp3) is 0.440. The average Bonchev–Trinajstić information content (AvgIpc) is 4.37. The Hall–Kier alpha value is -5.94. The fourth-order valence-electron chi connectivity index (χ4n) is 8.25. The highest BCUT2D eigenvalue weighted by molar-refractivity contribution is 14.1. The van der Waals surface area contributed by atoms with Crippen LogP contribution in [0.4, 0.5) is 0 Å². The van der Waals surface area contributed by atoms with Gasteiger partial charge in [-0.1, -0.05) is 22.6 Å². The highest BCUT2D eigenvalue weighted by Gasteiger charge is 2.29. The summed E-state index contributed by atoms with van der Waals surface area (Å²) in [5.74, 6) is -3.05. The first-order valence-corrected chi connectivity index (χ1v) is 33.0. The van der Waals surface area contributed by atoms with E-state index >= 15 is 0 Å². The lowest BCUT2D eigenvalue weighted by atomic mass is 10.1. The number of hydrogen-bond donors (Lipinski definition) is 9. The minimum absolute atomic E-state index is 0.00207. The Morgan fingerprint density at radius 1 is 0.691 bits per heavy atom. The van der Waals surface area contributed by atoms with Gasteiger partial charge >= 0.3 is 20.2 Å². The summed E-state index contributed by atoms with van der Waals surface area (Å²) in [4.78, 5) is 84.7. The molecule has 31 heteroatoms. The molecule has 440 valence electrons. The van der Waals surface area contributed by atoms with E-state index in [1.165, 1.54) is 42.6 Å². The number of alkyl halides is 1. The predicted octanol–water partition coefficient (Wildman–Crippen LogP) is 3.57. The van der Waals surface area contributed by atoms with Crippen LogP contribution in [0.5, 0.6) is 5.75 Å². The fourth-order valence-corrected chi connectivity index (χ4v) is 12.7. The van der Waals surface area contributed by atoms with Crippen molar-refractivity contribution in [2.75, 3.05) is 30.7 Å². The highest BCUT2D eigenvalue weighted by Crippen LogP contribution is 2.33. The van der Waals surface area contributed by atoms with Crippen molar-refractivity contribution < 1.29 is 81.4 Å². The van der Waals surface area contributed by atoms with Crippen LogP contribution >= 0.6 is 45.3 Å². The van der Waals surface area contributed by atoms with E-state index in [1.54, 1.807) is 12.1 Å². The third-order valence-corrected chi connectivity index (χ3v) is 18.8. The molecular weight excluding hydrogens is 1270 g/mol. The lowest BCUT2D eigenvalue weighted by Gasteiger charge is -2.23. The first-order valence-electron chi connectivity index (χ1n) is 25.6. The number of amides is 6. The second-order valence-corrected chi connectivity index (χ2v) is 26.4. The number of nitrogens with one attached hydrogen (secondary N) is 6. The number of thiophene rings is 2. The zero-order valence-electron chi connectivity index (χ0n) is 43.5. The molecule has 1 aromatic carbocycles. The number of carbonyl (C=O) groups is 6. The van der Waals surface area contributed by atoms with Crippen LogP contribution in [-0.4, -0.2) is 128 Å². The van der Waals surface area contributed by atoms with E-state index < -0.39 is 87.1 Å². The van der Waals surface area contributed by atoms with Gasteiger partial charge < -0.3 is 41.1 Å². The van der Waals surface area contributed by atoms with E-state index in [0.29, 0.717) is 60.4 Å². The van der Waals surface area contributed by atoms with E-state index in [-0.39, 0.29) is 120 Å². The summed E-state index contributed by atoms with van der Waals surface area (Å²) < 4.78 is 115. The molecule has 81 heavy (non-hydrogen) atoms. The molecule has 5 aromatic rings. The zero-order valence-corrected chi connectivity index (χ0v) is 49.7.